The molecular weight excluding hydrogens is 320 g/mol. The van der Waals surface area contributed by atoms with E-state index in [-0.39, 0.29) is 0 Å². The summed E-state index contributed by atoms with van der Waals surface area (Å²) in [4.78, 5) is 8.40. The van der Waals surface area contributed by atoms with E-state index >= 15 is 0 Å². The average molecular weight is 324 g/mol. The van der Waals surface area contributed by atoms with Crippen LogP contribution in [0.2, 0.25) is 0 Å². The molecule has 68 valence electrons. The Bertz CT molecular complexity index is 457. The molecule has 0 aromatic carbocycles. The normalized spacial score (nSPS) is 10.7. The Morgan fingerprint density at radius 1 is 1.38 bits per heavy atom. The van der Waals surface area contributed by atoms with Gasteiger partial charge < -0.3 is 4.74 Å². The van der Waals surface area contributed by atoms with E-state index < -0.39 is 0 Å². The lowest BCUT2D eigenvalue weighted by Gasteiger charge is -1.99. The van der Waals surface area contributed by atoms with Gasteiger partial charge in [0.2, 0.25) is 5.88 Å². The second-order valence-corrected chi connectivity index (χ2v) is 5.43. The summed E-state index contributed by atoms with van der Waals surface area (Å²) in [5, 5.41) is 0. The van der Waals surface area contributed by atoms with Gasteiger partial charge in [0.15, 0.2) is 9.56 Å². The summed E-state index contributed by atoms with van der Waals surface area (Å²) in [7, 11) is 1.58. The van der Waals surface area contributed by atoms with Gasteiger partial charge in [-0.15, -0.1) is 11.3 Å². The highest BCUT2D eigenvalue weighted by molar-refractivity contribution is 9.11. The molecule has 0 saturated carbocycles. The van der Waals surface area contributed by atoms with Crippen LogP contribution in [0.15, 0.2) is 14.5 Å². The van der Waals surface area contributed by atoms with E-state index in [0.717, 1.165) is 13.1 Å². The number of halogens is 2. The fourth-order valence-corrected chi connectivity index (χ4v) is 2.94. The topological polar surface area (TPSA) is 35.0 Å². The van der Waals surface area contributed by atoms with Crippen LogP contribution in [0, 0.1) is 0 Å². The van der Waals surface area contributed by atoms with Crippen LogP contribution in [-0.4, -0.2) is 17.1 Å². The molecule has 0 aliphatic rings. The first-order valence-electron chi connectivity index (χ1n) is 3.37. The van der Waals surface area contributed by atoms with Crippen LogP contribution in [0.5, 0.6) is 5.88 Å². The largest absolute Gasteiger partial charge is 0.480 e. The molecule has 0 atom stereocenters. The van der Waals surface area contributed by atoms with E-state index in [2.05, 4.69) is 41.8 Å². The molecule has 0 aliphatic carbocycles. The highest BCUT2D eigenvalue weighted by Crippen LogP contribution is 2.31. The van der Waals surface area contributed by atoms with Crippen LogP contribution in [0.3, 0.4) is 0 Å². The number of rotatable bonds is 1. The van der Waals surface area contributed by atoms with Crippen molar-refractivity contribution < 1.29 is 4.74 Å². The minimum atomic E-state index is 0.560. The smallest absolute Gasteiger partial charge is 0.229 e. The number of pyridine rings is 1. The van der Waals surface area contributed by atoms with Crippen molar-refractivity contribution in [3.63, 3.8) is 0 Å². The maximum absolute atomic E-state index is 5.05. The summed E-state index contributed by atoms with van der Waals surface area (Å²) in [6.07, 6.45) is 0. The summed E-state index contributed by atoms with van der Waals surface area (Å²) < 4.78 is 7.76. The number of thiazole rings is 1. The van der Waals surface area contributed by atoms with E-state index in [4.69, 9.17) is 4.74 Å². The first-order valence-corrected chi connectivity index (χ1v) is 5.77. The standard InChI is InChI=1S/C7H4Br2N2OS/c1-12-6-3(8)2-4-5(10-6)11-7(9)13-4/h2H,1H3. The number of fused-ring (bicyclic) bond motifs is 1. The van der Waals surface area contributed by atoms with Gasteiger partial charge in [-0.05, 0) is 37.9 Å². The highest BCUT2D eigenvalue weighted by Gasteiger charge is 2.08. The Morgan fingerprint density at radius 2 is 2.15 bits per heavy atom. The minimum Gasteiger partial charge on any atom is -0.480 e. The summed E-state index contributed by atoms with van der Waals surface area (Å²) in [6.45, 7) is 0. The molecule has 0 aliphatic heterocycles. The van der Waals surface area contributed by atoms with E-state index in [1.165, 1.54) is 0 Å². The molecule has 0 saturated heterocycles. The third-order valence-electron chi connectivity index (χ3n) is 1.47. The van der Waals surface area contributed by atoms with Gasteiger partial charge in [-0.3, -0.25) is 0 Å². The summed E-state index contributed by atoms with van der Waals surface area (Å²) in [6, 6.07) is 1.95. The lowest BCUT2D eigenvalue weighted by atomic mass is 10.5. The Balaban J connectivity index is 2.72. The molecule has 0 fully saturated rings. The molecule has 0 amide bonds. The summed E-state index contributed by atoms with van der Waals surface area (Å²) >= 11 is 8.21. The fraction of sp³-hybridized carbons (Fsp3) is 0.143. The fourth-order valence-electron chi connectivity index (χ4n) is 0.941. The predicted octanol–water partition coefficient (Wildman–Crippen LogP) is 3.22. The molecule has 13 heavy (non-hydrogen) atoms. The number of hydrogen-bond acceptors (Lipinski definition) is 4. The van der Waals surface area contributed by atoms with Crippen molar-refractivity contribution in [1.29, 1.82) is 0 Å². The number of nitrogens with zero attached hydrogens (tertiary/aromatic N) is 2. The number of hydrogen-bond donors (Lipinski definition) is 0. The molecular formula is C7H4Br2N2OS. The van der Waals surface area contributed by atoms with Gasteiger partial charge in [-0.25, -0.2) is 4.98 Å². The van der Waals surface area contributed by atoms with E-state index in [1.807, 2.05) is 6.07 Å². The Morgan fingerprint density at radius 3 is 2.85 bits per heavy atom. The molecule has 0 radical (unpaired) electrons. The van der Waals surface area contributed by atoms with Crippen LogP contribution in [-0.2, 0) is 0 Å². The van der Waals surface area contributed by atoms with Gasteiger partial charge >= 0.3 is 0 Å². The second-order valence-electron chi connectivity index (χ2n) is 2.27. The van der Waals surface area contributed by atoms with Crippen molar-refractivity contribution in [2.75, 3.05) is 7.11 Å². The molecule has 2 rings (SSSR count). The maximum atomic E-state index is 5.05. The Kier molecular flexibility index (Phi) is 2.53. The van der Waals surface area contributed by atoms with Crippen LogP contribution in [0.1, 0.15) is 0 Å². The third-order valence-corrected chi connectivity index (χ3v) is 3.48. The van der Waals surface area contributed by atoms with Crippen molar-refractivity contribution in [3.05, 3.63) is 14.5 Å². The number of methoxy groups -OCH3 is 1. The maximum Gasteiger partial charge on any atom is 0.229 e. The number of aromatic nitrogens is 2. The summed E-state index contributed by atoms with van der Waals surface area (Å²) in [5.41, 5.74) is 0.705. The van der Waals surface area contributed by atoms with Gasteiger partial charge in [-0.2, -0.15) is 4.98 Å². The zero-order valence-corrected chi connectivity index (χ0v) is 10.5. The first kappa shape index (κ1) is 9.36. The van der Waals surface area contributed by atoms with Gasteiger partial charge in [0.25, 0.3) is 0 Å². The predicted molar refractivity (Wildman–Crippen MR) is 59.4 cm³/mol. The first-order chi connectivity index (χ1) is 6.20. The number of ether oxygens (including phenoxy) is 1. The molecule has 6 heteroatoms. The zero-order chi connectivity index (χ0) is 9.42. The lowest BCUT2D eigenvalue weighted by molar-refractivity contribution is 0.396. The SMILES string of the molecule is COc1nc2nc(Br)sc2cc1Br. The highest BCUT2D eigenvalue weighted by atomic mass is 79.9. The van der Waals surface area contributed by atoms with E-state index in [0.29, 0.717) is 11.5 Å². The van der Waals surface area contributed by atoms with Crippen LogP contribution < -0.4 is 4.74 Å². The zero-order valence-electron chi connectivity index (χ0n) is 6.54. The molecule has 2 heterocycles. The van der Waals surface area contributed by atoms with Crippen molar-refractivity contribution >= 4 is 53.5 Å². The Hall–Kier alpha value is -0.200. The molecule has 0 unspecified atom stereocenters. The summed E-state index contributed by atoms with van der Waals surface area (Å²) in [5.74, 6) is 0.560. The lowest BCUT2D eigenvalue weighted by Crippen LogP contribution is -1.88. The van der Waals surface area contributed by atoms with Gasteiger partial charge in [-0.1, -0.05) is 0 Å². The average Bonchev–Trinajstić information content (AvgIpc) is 2.42. The van der Waals surface area contributed by atoms with Crippen molar-refractivity contribution in [2.45, 2.75) is 0 Å². The molecule has 2 aromatic heterocycles. The van der Waals surface area contributed by atoms with Gasteiger partial charge in [0.1, 0.15) is 0 Å². The van der Waals surface area contributed by atoms with E-state index in [9.17, 15) is 0 Å². The van der Waals surface area contributed by atoms with Gasteiger partial charge in [0.05, 0.1) is 16.3 Å². The van der Waals surface area contributed by atoms with Crippen molar-refractivity contribution in [3.8, 4) is 5.88 Å². The molecule has 2 aromatic rings. The quantitative estimate of drug-likeness (QED) is 0.808. The monoisotopic (exact) mass is 322 g/mol. The van der Waals surface area contributed by atoms with Crippen LogP contribution in [0.4, 0.5) is 0 Å². The van der Waals surface area contributed by atoms with Gasteiger partial charge in [0, 0.05) is 0 Å². The second kappa shape index (κ2) is 3.51. The molecule has 3 nitrogen and oxygen atoms in total. The molecule has 0 bridgehead atoms. The van der Waals surface area contributed by atoms with Crippen LogP contribution in [0.25, 0.3) is 10.3 Å². The third kappa shape index (κ3) is 1.70. The van der Waals surface area contributed by atoms with E-state index in [1.54, 1.807) is 18.4 Å². The molecule has 0 spiro atoms. The van der Waals surface area contributed by atoms with Crippen LogP contribution >= 0.6 is 43.2 Å². The van der Waals surface area contributed by atoms with Crippen molar-refractivity contribution in [1.82, 2.24) is 9.97 Å². The minimum absolute atomic E-state index is 0.560. The Labute approximate surface area is 95.4 Å². The van der Waals surface area contributed by atoms with Crippen molar-refractivity contribution in [2.24, 2.45) is 0 Å². The molecule has 0 N–H and O–H groups in total.